The summed E-state index contributed by atoms with van der Waals surface area (Å²) in [4.78, 5) is 2.19. The maximum absolute atomic E-state index is 12.3. The van der Waals surface area contributed by atoms with E-state index in [4.69, 9.17) is 0 Å². The van der Waals surface area contributed by atoms with Crippen molar-refractivity contribution in [1.29, 1.82) is 0 Å². The Kier molecular flexibility index (Phi) is 5.10. The monoisotopic (exact) mass is 303 g/mol. The van der Waals surface area contributed by atoms with Crippen LogP contribution in [0.2, 0.25) is 0 Å². The SMILES string of the molecule is CC(CNC1CC1)S(=O)(=O)NCC1(N(C)C)CCCC1. The first-order chi connectivity index (χ1) is 9.36. The van der Waals surface area contributed by atoms with Crippen molar-refractivity contribution in [3.05, 3.63) is 0 Å². The number of nitrogens with one attached hydrogen (secondary N) is 2. The van der Waals surface area contributed by atoms with Gasteiger partial charge >= 0.3 is 0 Å². The van der Waals surface area contributed by atoms with Gasteiger partial charge in [0, 0.05) is 24.7 Å². The molecule has 6 heteroatoms. The molecule has 0 heterocycles. The molecule has 2 aliphatic rings. The lowest BCUT2D eigenvalue weighted by molar-refractivity contribution is 0.161. The minimum absolute atomic E-state index is 0.0106. The van der Waals surface area contributed by atoms with Crippen molar-refractivity contribution in [2.24, 2.45) is 0 Å². The van der Waals surface area contributed by atoms with Crippen molar-refractivity contribution < 1.29 is 8.42 Å². The molecule has 118 valence electrons. The second-order valence-electron chi connectivity index (χ2n) is 6.69. The largest absolute Gasteiger partial charge is 0.313 e. The summed E-state index contributed by atoms with van der Waals surface area (Å²) in [6.07, 6.45) is 6.92. The molecule has 20 heavy (non-hydrogen) atoms. The average molecular weight is 303 g/mol. The summed E-state index contributed by atoms with van der Waals surface area (Å²) in [6.45, 7) is 2.87. The van der Waals surface area contributed by atoms with Gasteiger partial charge in [0.1, 0.15) is 0 Å². The Morgan fingerprint density at radius 1 is 1.25 bits per heavy atom. The molecule has 2 N–H and O–H groups in total. The fraction of sp³-hybridized carbons (Fsp3) is 1.00. The highest BCUT2D eigenvalue weighted by Gasteiger charge is 2.37. The van der Waals surface area contributed by atoms with Gasteiger partial charge in [-0.15, -0.1) is 0 Å². The topological polar surface area (TPSA) is 61.4 Å². The Labute approximate surface area is 123 Å². The Hall–Kier alpha value is -0.170. The molecule has 0 aromatic carbocycles. The molecule has 0 radical (unpaired) electrons. The molecule has 0 amide bonds. The van der Waals surface area contributed by atoms with Crippen molar-refractivity contribution in [2.75, 3.05) is 27.2 Å². The van der Waals surface area contributed by atoms with E-state index in [2.05, 4.69) is 29.0 Å². The second-order valence-corrected chi connectivity index (χ2v) is 8.87. The number of hydrogen-bond donors (Lipinski definition) is 2. The Morgan fingerprint density at radius 3 is 2.35 bits per heavy atom. The van der Waals surface area contributed by atoms with E-state index in [1.807, 2.05) is 0 Å². The van der Waals surface area contributed by atoms with Gasteiger partial charge in [0.15, 0.2) is 0 Å². The number of likely N-dealkylation sites (N-methyl/N-ethyl adjacent to an activating group) is 1. The zero-order valence-corrected chi connectivity index (χ0v) is 13.8. The highest BCUT2D eigenvalue weighted by Crippen LogP contribution is 2.33. The molecule has 0 aromatic rings. The van der Waals surface area contributed by atoms with E-state index in [-0.39, 0.29) is 10.8 Å². The Bertz CT molecular complexity index is 412. The van der Waals surface area contributed by atoms with Crippen LogP contribution in [0.15, 0.2) is 0 Å². The number of rotatable bonds is 8. The first kappa shape index (κ1) is 16.2. The van der Waals surface area contributed by atoms with Crippen LogP contribution in [0.4, 0.5) is 0 Å². The van der Waals surface area contributed by atoms with Crippen LogP contribution in [-0.4, -0.2) is 57.3 Å². The zero-order chi connectivity index (χ0) is 14.8. The molecule has 0 aliphatic heterocycles. The molecule has 0 saturated heterocycles. The van der Waals surface area contributed by atoms with Gasteiger partial charge in [0.25, 0.3) is 0 Å². The summed E-state index contributed by atoms with van der Waals surface area (Å²) in [6, 6.07) is 0.551. The highest BCUT2D eigenvalue weighted by atomic mass is 32.2. The summed E-state index contributed by atoms with van der Waals surface area (Å²) < 4.78 is 27.5. The molecular weight excluding hydrogens is 274 g/mol. The summed E-state index contributed by atoms with van der Waals surface area (Å²) in [7, 11) is 0.880. The predicted molar refractivity (Wildman–Crippen MR) is 82.3 cm³/mol. The Balaban J connectivity index is 1.86. The average Bonchev–Trinajstić information content (AvgIpc) is 3.09. The smallest absolute Gasteiger partial charge is 0.215 e. The Morgan fingerprint density at radius 2 is 1.85 bits per heavy atom. The van der Waals surface area contributed by atoms with E-state index in [0.29, 0.717) is 19.1 Å². The van der Waals surface area contributed by atoms with E-state index in [0.717, 1.165) is 12.8 Å². The molecule has 2 saturated carbocycles. The third-order valence-electron chi connectivity index (χ3n) is 4.89. The lowest BCUT2D eigenvalue weighted by atomic mass is 9.97. The summed E-state index contributed by atoms with van der Waals surface area (Å²) in [5.74, 6) is 0. The van der Waals surface area contributed by atoms with Crippen molar-refractivity contribution in [1.82, 2.24) is 14.9 Å². The van der Waals surface area contributed by atoms with Crippen LogP contribution in [0, 0.1) is 0 Å². The molecule has 2 fully saturated rings. The summed E-state index contributed by atoms with van der Waals surface area (Å²) in [5.41, 5.74) is 0.0106. The van der Waals surface area contributed by atoms with Crippen molar-refractivity contribution >= 4 is 10.0 Å². The number of hydrogen-bond acceptors (Lipinski definition) is 4. The van der Waals surface area contributed by atoms with Crippen LogP contribution in [0.3, 0.4) is 0 Å². The van der Waals surface area contributed by atoms with Gasteiger partial charge < -0.3 is 10.2 Å². The molecule has 1 atom stereocenters. The maximum atomic E-state index is 12.3. The van der Waals surface area contributed by atoms with E-state index >= 15 is 0 Å². The van der Waals surface area contributed by atoms with Crippen molar-refractivity contribution in [2.45, 2.75) is 62.3 Å². The molecule has 0 bridgehead atoms. The number of sulfonamides is 1. The molecule has 0 aromatic heterocycles. The van der Waals surface area contributed by atoms with E-state index < -0.39 is 10.0 Å². The van der Waals surface area contributed by atoms with Crippen LogP contribution in [0.25, 0.3) is 0 Å². The molecule has 2 aliphatic carbocycles. The van der Waals surface area contributed by atoms with Crippen molar-refractivity contribution in [3.8, 4) is 0 Å². The molecule has 1 unspecified atom stereocenters. The molecule has 0 spiro atoms. The second kappa shape index (κ2) is 6.30. The number of nitrogens with zero attached hydrogens (tertiary/aromatic N) is 1. The minimum Gasteiger partial charge on any atom is -0.313 e. The van der Waals surface area contributed by atoms with Gasteiger partial charge in [-0.1, -0.05) is 12.8 Å². The maximum Gasteiger partial charge on any atom is 0.215 e. The van der Waals surface area contributed by atoms with Crippen LogP contribution < -0.4 is 10.0 Å². The van der Waals surface area contributed by atoms with Gasteiger partial charge in [0.2, 0.25) is 10.0 Å². The standard InChI is InChI=1S/C14H29N3O2S/c1-12(10-15-13-6-7-13)20(18,19)16-11-14(17(2)3)8-4-5-9-14/h12-13,15-16H,4-11H2,1-3H3. The third-order valence-corrected chi connectivity index (χ3v) is 6.66. The fourth-order valence-corrected chi connectivity index (χ4v) is 3.99. The van der Waals surface area contributed by atoms with Crippen molar-refractivity contribution in [3.63, 3.8) is 0 Å². The van der Waals surface area contributed by atoms with E-state index in [1.165, 1.54) is 25.7 Å². The minimum atomic E-state index is -3.23. The quantitative estimate of drug-likeness (QED) is 0.700. The molecule has 2 rings (SSSR count). The van der Waals surface area contributed by atoms with E-state index in [1.54, 1.807) is 6.92 Å². The third kappa shape index (κ3) is 3.93. The van der Waals surface area contributed by atoms with E-state index in [9.17, 15) is 8.42 Å². The first-order valence-corrected chi connectivity index (χ1v) is 9.30. The summed E-state index contributed by atoms with van der Waals surface area (Å²) >= 11 is 0. The van der Waals surface area contributed by atoms with Gasteiger partial charge in [0.05, 0.1) is 5.25 Å². The highest BCUT2D eigenvalue weighted by molar-refractivity contribution is 7.90. The van der Waals surface area contributed by atoms with Crippen LogP contribution >= 0.6 is 0 Å². The lowest BCUT2D eigenvalue weighted by Crippen LogP contribution is -2.52. The normalized spacial score (nSPS) is 24.2. The fourth-order valence-electron chi connectivity index (χ4n) is 2.92. The summed E-state index contributed by atoms with van der Waals surface area (Å²) in [5, 5.41) is 2.92. The van der Waals surface area contributed by atoms with Gasteiger partial charge in [-0.25, -0.2) is 13.1 Å². The van der Waals surface area contributed by atoms with Gasteiger partial charge in [-0.2, -0.15) is 0 Å². The molecule has 5 nitrogen and oxygen atoms in total. The zero-order valence-electron chi connectivity index (χ0n) is 13.0. The lowest BCUT2D eigenvalue weighted by Gasteiger charge is -2.36. The van der Waals surface area contributed by atoms with Gasteiger partial charge in [-0.3, -0.25) is 0 Å². The molecular formula is C14H29N3O2S. The predicted octanol–water partition coefficient (Wildman–Crippen LogP) is 0.921. The van der Waals surface area contributed by atoms with Gasteiger partial charge in [-0.05, 0) is 46.7 Å². The first-order valence-electron chi connectivity index (χ1n) is 7.75. The van der Waals surface area contributed by atoms with Crippen LogP contribution in [-0.2, 0) is 10.0 Å². The van der Waals surface area contributed by atoms with Crippen LogP contribution in [0.5, 0.6) is 0 Å². The van der Waals surface area contributed by atoms with Crippen LogP contribution in [0.1, 0.15) is 45.4 Å².